The highest BCUT2D eigenvalue weighted by Crippen LogP contribution is 2.30. The van der Waals surface area contributed by atoms with Gasteiger partial charge in [0.15, 0.2) is 5.82 Å². The Morgan fingerprint density at radius 3 is 2.75 bits per heavy atom. The summed E-state index contributed by atoms with van der Waals surface area (Å²) in [5.41, 5.74) is 2.75. The van der Waals surface area contributed by atoms with E-state index >= 15 is 0 Å². The molecule has 0 aliphatic heterocycles. The predicted octanol–water partition coefficient (Wildman–Crippen LogP) is 3.90. The molecule has 3 aromatic heterocycles. The van der Waals surface area contributed by atoms with Crippen LogP contribution in [0.3, 0.4) is 0 Å². The third-order valence-corrected chi connectivity index (χ3v) is 3.95. The first kappa shape index (κ1) is 14.6. The van der Waals surface area contributed by atoms with Gasteiger partial charge in [-0.05, 0) is 30.7 Å². The largest absolute Gasteiger partial charge is 0.352 e. The standard InChI is InChI=1S/C18H17N5O/c1-11(2)17-20-18(16-13-6-4-5-7-14(13)22-24-16)23(21-17)15-8-9-19-10-12(15)3/h4-11H,1-3H3. The van der Waals surface area contributed by atoms with Crippen molar-refractivity contribution in [1.82, 2.24) is 24.9 Å². The third kappa shape index (κ3) is 2.27. The quantitative estimate of drug-likeness (QED) is 0.573. The molecular weight excluding hydrogens is 302 g/mol. The molecular formula is C18H17N5O. The van der Waals surface area contributed by atoms with E-state index in [-0.39, 0.29) is 5.92 Å². The topological polar surface area (TPSA) is 69.6 Å². The summed E-state index contributed by atoms with van der Waals surface area (Å²) < 4.78 is 7.43. The maximum atomic E-state index is 5.61. The average molecular weight is 319 g/mol. The van der Waals surface area contributed by atoms with Crippen molar-refractivity contribution >= 4 is 10.9 Å². The lowest BCUT2D eigenvalue weighted by molar-refractivity contribution is 0.437. The van der Waals surface area contributed by atoms with Gasteiger partial charge >= 0.3 is 0 Å². The second-order valence-electron chi connectivity index (χ2n) is 6.05. The maximum absolute atomic E-state index is 5.61. The van der Waals surface area contributed by atoms with Gasteiger partial charge in [-0.3, -0.25) is 4.98 Å². The number of pyridine rings is 1. The minimum Gasteiger partial charge on any atom is -0.352 e. The second kappa shape index (κ2) is 5.56. The molecule has 0 unspecified atom stereocenters. The molecule has 4 aromatic rings. The zero-order valence-corrected chi connectivity index (χ0v) is 13.8. The highest BCUT2D eigenvalue weighted by molar-refractivity contribution is 5.90. The fourth-order valence-corrected chi connectivity index (χ4v) is 2.64. The molecule has 0 aliphatic rings. The zero-order chi connectivity index (χ0) is 16.7. The molecule has 24 heavy (non-hydrogen) atoms. The van der Waals surface area contributed by atoms with Gasteiger partial charge in [0.2, 0.25) is 11.6 Å². The predicted molar refractivity (Wildman–Crippen MR) is 91.0 cm³/mol. The third-order valence-electron chi connectivity index (χ3n) is 3.95. The van der Waals surface area contributed by atoms with Crippen molar-refractivity contribution in [2.75, 3.05) is 0 Å². The van der Waals surface area contributed by atoms with E-state index in [4.69, 9.17) is 14.6 Å². The van der Waals surface area contributed by atoms with Gasteiger partial charge in [-0.25, -0.2) is 9.67 Å². The Hall–Kier alpha value is -3.02. The number of aromatic nitrogens is 5. The highest BCUT2D eigenvalue weighted by Gasteiger charge is 2.22. The molecule has 0 spiro atoms. The molecule has 0 radical (unpaired) electrons. The first-order valence-corrected chi connectivity index (χ1v) is 7.88. The lowest BCUT2D eigenvalue weighted by Crippen LogP contribution is -2.02. The number of hydrogen-bond donors (Lipinski definition) is 0. The summed E-state index contributed by atoms with van der Waals surface area (Å²) >= 11 is 0. The fourth-order valence-electron chi connectivity index (χ4n) is 2.64. The van der Waals surface area contributed by atoms with Gasteiger partial charge in [0.25, 0.3) is 0 Å². The summed E-state index contributed by atoms with van der Waals surface area (Å²) in [6, 6.07) is 9.73. The van der Waals surface area contributed by atoms with E-state index in [1.54, 1.807) is 6.20 Å². The van der Waals surface area contributed by atoms with Gasteiger partial charge in [-0.15, -0.1) is 0 Å². The Morgan fingerprint density at radius 1 is 1.12 bits per heavy atom. The number of nitrogens with zero attached hydrogens (tertiary/aromatic N) is 5. The van der Waals surface area contributed by atoms with Crippen LogP contribution >= 0.6 is 0 Å². The van der Waals surface area contributed by atoms with Gasteiger partial charge in [0.05, 0.1) is 11.1 Å². The van der Waals surface area contributed by atoms with Crippen molar-refractivity contribution in [2.45, 2.75) is 26.7 Å². The smallest absolute Gasteiger partial charge is 0.212 e. The van der Waals surface area contributed by atoms with Crippen LogP contribution in [0.1, 0.15) is 31.2 Å². The normalized spacial score (nSPS) is 11.5. The molecule has 1 aromatic carbocycles. The first-order valence-electron chi connectivity index (χ1n) is 7.88. The first-order chi connectivity index (χ1) is 11.6. The monoisotopic (exact) mass is 319 g/mol. The summed E-state index contributed by atoms with van der Waals surface area (Å²) in [5.74, 6) is 2.26. The van der Waals surface area contributed by atoms with Gasteiger partial charge in [0.1, 0.15) is 5.52 Å². The summed E-state index contributed by atoms with van der Waals surface area (Å²) in [4.78, 5) is 8.87. The molecule has 0 bridgehead atoms. The van der Waals surface area contributed by atoms with Crippen LogP contribution in [-0.2, 0) is 0 Å². The summed E-state index contributed by atoms with van der Waals surface area (Å²) in [6.07, 6.45) is 3.57. The molecule has 0 aliphatic carbocycles. The molecule has 4 rings (SSSR count). The van der Waals surface area contributed by atoms with Crippen LogP contribution < -0.4 is 0 Å². The molecule has 0 atom stereocenters. The van der Waals surface area contributed by atoms with Crippen molar-refractivity contribution in [3.8, 4) is 17.3 Å². The number of aryl methyl sites for hydroxylation is 1. The van der Waals surface area contributed by atoms with Crippen molar-refractivity contribution < 1.29 is 4.52 Å². The van der Waals surface area contributed by atoms with Gasteiger partial charge < -0.3 is 4.52 Å². The number of rotatable bonds is 3. The van der Waals surface area contributed by atoms with E-state index in [1.165, 1.54) is 0 Å². The van der Waals surface area contributed by atoms with Crippen LogP contribution in [0.2, 0.25) is 0 Å². The molecule has 6 nitrogen and oxygen atoms in total. The molecule has 3 heterocycles. The van der Waals surface area contributed by atoms with Crippen LogP contribution in [0.15, 0.2) is 47.2 Å². The van der Waals surface area contributed by atoms with Crippen molar-refractivity contribution in [2.24, 2.45) is 0 Å². The van der Waals surface area contributed by atoms with Crippen molar-refractivity contribution in [3.05, 3.63) is 54.1 Å². The molecule has 120 valence electrons. The maximum Gasteiger partial charge on any atom is 0.212 e. The van der Waals surface area contributed by atoms with E-state index in [1.807, 2.05) is 48.1 Å². The van der Waals surface area contributed by atoms with E-state index < -0.39 is 0 Å². The average Bonchev–Trinajstić information content (AvgIpc) is 3.19. The number of hydrogen-bond acceptors (Lipinski definition) is 5. The van der Waals surface area contributed by atoms with Crippen molar-refractivity contribution in [3.63, 3.8) is 0 Å². The Labute approximate surface area is 139 Å². The second-order valence-corrected chi connectivity index (χ2v) is 6.05. The lowest BCUT2D eigenvalue weighted by atomic mass is 10.2. The lowest BCUT2D eigenvalue weighted by Gasteiger charge is -2.06. The summed E-state index contributed by atoms with van der Waals surface area (Å²) in [7, 11) is 0. The van der Waals surface area contributed by atoms with Crippen LogP contribution in [0, 0.1) is 6.92 Å². The van der Waals surface area contributed by atoms with Gasteiger partial charge in [-0.1, -0.05) is 31.1 Å². The molecule has 0 N–H and O–H groups in total. The van der Waals surface area contributed by atoms with E-state index in [2.05, 4.69) is 24.0 Å². The number of fused-ring (bicyclic) bond motifs is 1. The highest BCUT2D eigenvalue weighted by atomic mass is 16.5. The SMILES string of the molecule is Cc1cnccc1-n1nc(C(C)C)nc1-c1onc2ccccc12. The minimum absolute atomic E-state index is 0.210. The van der Waals surface area contributed by atoms with Crippen LogP contribution in [0.4, 0.5) is 0 Å². The minimum atomic E-state index is 0.210. The number of benzene rings is 1. The molecule has 0 amide bonds. The molecule has 0 fully saturated rings. The van der Waals surface area contributed by atoms with E-state index in [0.29, 0.717) is 11.6 Å². The van der Waals surface area contributed by atoms with Gasteiger partial charge in [-0.2, -0.15) is 5.10 Å². The Kier molecular flexibility index (Phi) is 3.37. The molecule has 6 heteroatoms. The zero-order valence-electron chi connectivity index (χ0n) is 13.8. The van der Waals surface area contributed by atoms with Crippen LogP contribution in [0.5, 0.6) is 0 Å². The van der Waals surface area contributed by atoms with Crippen molar-refractivity contribution in [1.29, 1.82) is 0 Å². The Morgan fingerprint density at radius 2 is 1.96 bits per heavy atom. The van der Waals surface area contributed by atoms with Crippen LogP contribution in [0.25, 0.3) is 28.2 Å². The summed E-state index contributed by atoms with van der Waals surface area (Å²) in [5, 5.41) is 9.76. The fraction of sp³-hybridized carbons (Fsp3) is 0.222. The van der Waals surface area contributed by atoms with E-state index in [9.17, 15) is 0 Å². The molecule has 0 saturated heterocycles. The van der Waals surface area contributed by atoms with Gasteiger partial charge in [0, 0.05) is 18.3 Å². The Bertz CT molecular complexity index is 1020. The molecule has 0 saturated carbocycles. The summed E-state index contributed by atoms with van der Waals surface area (Å²) in [6.45, 7) is 6.14. The van der Waals surface area contributed by atoms with E-state index in [0.717, 1.165) is 28.0 Å². The van der Waals surface area contributed by atoms with Crippen LogP contribution in [-0.4, -0.2) is 24.9 Å². The Balaban J connectivity index is 2.00.